The van der Waals surface area contributed by atoms with Gasteiger partial charge in [0.25, 0.3) is 0 Å². The molecule has 2 nitrogen and oxygen atoms in total. The van der Waals surface area contributed by atoms with E-state index >= 15 is 0 Å². The highest BCUT2D eigenvalue weighted by Gasteiger charge is 2.19. The molecule has 86 valence electrons. The van der Waals surface area contributed by atoms with Crippen LogP contribution >= 0.6 is 0 Å². The van der Waals surface area contributed by atoms with Gasteiger partial charge >= 0.3 is 0 Å². The Morgan fingerprint density at radius 2 is 2.18 bits per heavy atom. The highest BCUT2D eigenvalue weighted by atomic mass is 16.5. The molecule has 1 unspecified atom stereocenters. The Kier molecular flexibility index (Phi) is 2.57. The lowest BCUT2D eigenvalue weighted by molar-refractivity contribution is 0.0486. The molecule has 2 heterocycles. The molecule has 0 fully saturated rings. The van der Waals surface area contributed by atoms with Gasteiger partial charge in [-0.25, -0.2) is 0 Å². The van der Waals surface area contributed by atoms with Crippen molar-refractivity contribution in [2.45, 2.75) is 12.5 Å². The second-order valence-electron chi connectivity index (χ2n) is 4.21. The molecule has 0 radical (unpaired) electrons. The van der Waals surface area contributed by atoms with Gasteiger partial charge in [-0.1, -0.05) is 36.9 Å². The van der Waals surface area contributed by atoms with Crippen LogP contribution < -0.4 is 0 Å². The van der Waals surface area contributed by atoms with Gasteiger partial charge in [0.2, 0.25) is 0 Å². The maximum absolute atomic E-state index is 5.80. The Hall–Kier alpha value is -1.80. The Labute approximate surface area is 100 Å². The molecule has 2 aromatic rings. The molecule has 0 spiro atoms. The van der Waals surface area contributed by atoms with Crippen molar-refractivity contribution >= 4 is 11.0 Å². The third-order valence-electron chi connectivity index (χ3n) is 3.07. The summed E-state index contributed by atoms with van der Waals surface area (Å²) in [6.07, 6.45) is 4.88. The number of ether oxygens (including phenoxy) is 1. The van der Waals surface area contributed by atoms with E-state index in [2.05, 4.69) is 24.8 Å². The highest BCUT2D eigenvalue weighted by Crippen LogP contribution is 2.31. The zero-order chi connectivity index (χ0) is 11.7. The van der Waals surface area contributed by atoms with Crippen molar-refractivity contribution in [2.75, 3.05) is 6.61 Å². The lowest BCUT2D eigenvalue weighted by atomic mass is 10.1. The summed E-state index contributed by atoms with van der Waals surface area (Å²) in [5.74, 6) is 0.908. The third kappa shape index (κ3) is 1.92. The third-order valence-corrected chi connectivity index (χ3v) is 3.07. The van der Waals surface area contributed by atoms with Crippen molar-refractivity contribution in [1.82, 2.24) is 0 Å². The molecule has 0 aliphatic carbocycles. The van der Waals surface area contributed by atoms with E-state index in [1.54, 1.807) is 0 Å². The predicted molar refractivity (Wildman–Crippen MR) is 67.8 cm³/mol. The number of furan rings is 1. The predicted octanol–water partition coefficient (Wildman–Crippen LogP) is 4.01. The summed E-state index contributed by atoms with van der Waals surface area (Å²) in [6.45, 7) is 4.36. The molecule has 3 rings (SSSR count). The summed E-state index contributed by atoms with van der Waals surface area (Å²) in [4.78, 5) is 0. The van der Waals surface area contributed by atoms with Crippen LogP contribution in [0.5, 0.6) is 0 Å². The first kappa shape index (κ1) is 10.4. The minimum Gasteiger partial charge on any atom is -0.458 e. The summed E-state index contributed by atoms with van der Waals surface area (Å²) in [6, 6.07) is 10.1. The number of hydrogen-bond donors (Lipinski definition) is 0. The molecule has 0 saturated heterocycles. The molecule has 0 amide bonds. The number of benzene rings is 1. The number of rotatable bonds is 2. The lowest BCUT2D eigenvalue weighted by Crippen LogP contribution is -2.10. The Morgan fingerprint density at radius 3 is 2.88 bits per heavy atom. The van der Waals surface area contributed by atoms with Crippen LogP contribution in [-0.2, 0) is 4.74 Å². The van der Waals surface area contributed by atoms with E-state index in [1.807, 2.05) is 24.3 Å². The van der Waals surface area contributed by atoms with Crippen LogP contribution in [0.4, 0.5) is 0 Å². The van der Waals surface area contributed by atoms with E-state index in [4.69, 9.17) is 9.15 Å². The quantitative estimate of drug-likeness (QED) is 0.772. The van der Waals surface area contributed by atoms with Crippen molar-refractivity contribution in [3.8, 4) is 0 Å². The largest absolute Gasteiger partial charge is 0.458 e. The summed E-state index contributed by atoms with van der Waals surface area (Å²) in [5.41, 5.74) is 2.07. The van der Waals surface area contributed by atoms with Gasteiger partial charge in [0, 0.05) is 5.39 Å². The first-order valence-corrected chi connectivity index (χ1v) is 5.78. The van der Waals surface area contributed by atoms with Crippen LogP contribution in [-0.4, -0.2) is 6.61 Å². The maximum Gasteiger partial charge on any atom is 0.134 e. The van der Waals surface area contributed by atoms with Crippen molar-refractivity contribution in [1.29, 1.82) is 0 Å². The number of hydrogen-bond acceptors (Lipinski definition) is 2. The van der Waals surface area contributed by atoms with Gasteiger partial charge in [-0.2, -0.15) is 0 Å². The Morgan fingerprint density at radius 1 is 1.29 bits per heavy atom. The van der Waals surface area contributed by atoms with E-state index < -0.39 is 0 Å². The maximum atomic E-state index is 5.80. The minimum absolute atomic E-state index is 0.0334. The first-order valence-electron chi connectivity index (χ1n) is 5.78. The molecule has 2 heteroatoms. The summed E-state index contributed by atoms with van der Waals surface area (Å²) in [7, 11) is 0. The van der Waals surface area contributed by atoms with Crippen molar-refractivity contribution in [3.05, 3.63) is 60.4 Å². The Balaban J connectivity index is 1.90. The molecule has 0 saturated carbocycles. The lowest BCUT2D eigenvalue weighted by Gasteiger charge is -2.19. The van der Waals surface area contributed by atoms with Crippen LogP contribution in [0.25, 0.3) is 11.0 Å². The van der Waals surface area contributed by atoms with Gasteiger partial charge in [-0.3, -0.25) is 0 Å². The van der Waals surface area contributed by atoms with E-state index in [0.29, 0.717) is 6.61 Å². The monoisotopic (exact) mass is 226 g/mol. The van der Waals surface area contributed by atoms with Crippen molar-refractivity contribution < 1.29 is 9.15 Å². The molecule has 0 bridgehead atoms. The second kappa shape index (κ2) is 4.22. The van der Waals surface area contributed by atoms with E-state index in [-0.39, 0.29) is 6.10 Å². The van der Waals surface area contributed by atoms with Gasteiger partial charge in [-0.15, -0.1) is 0 Å². The summed E-state index contributed by atoms with van der Waals surface area (Å²) < 4.78 is 11.6. The average molecular weight is 226 g/mol. The van der Waals surface area contributed by atoms with Gasteiger partial charge in [0.15, 0.2) is 0 Å². The fourth-order valence-electron chi connectivity index (χ4n) is 2.08. The first-order chi connectivity index (χ1) is 8.36. The topological polar surface area (TPSA) is 22.4 Å². The van der Waals surface area contributed by atoms with E-state index in [1.165, 1.54) is 0 Å². The van der Waals surface area contributed by atoms with Crippen LogP contribution in [0.2, 0.25) is 0 Å². The van der Waals surface area contributed by atoms with Crippen molar-refractivity contribution in [3.63, 3.8) is 0 Å². The van der Waals surface area contributed by atoms with Gasteiger partial charge in [0.1, 0.15) is 17.4 Å². The average Bonchev–Trinajstić information content (AvgIpc) is 2.82. The fourth-order valence-corrected chi connectivity index (χ4v) is 2.08. The van der Waals surface area contributed by atoms with Crippen LogP contribution in [0.15, 0.2) is 59.1 Å². The van der Waals surface area contributed by atoms with Crippen LogP contribution in [0.1, 0.15) is 18.3 Å². The number of para-hydroxylation sites is 1. The highest BCUT2D eigenvalue weighted by molar-refractivity contribution is 5.77. The summed E-state index contributed by atoms with van der Waals surface area (Å²) >= 11 is 0. The second-order valence-corrected chi connectivity index (χ2v) is 4.21. The minimum atomic E-state index is 0.0334. The smallest absolute Gasteiger partial charge is 0.134 e. The molecular weight excluding hydrogens is 212 g/mol. The zero-order valence-corrected chi connectivity index (χ0v) is 9.56. The normalized spacial score (nSPS) is 20.2. The standard InChI is InChI=1S/C15H14O2/c1-2-11-7-8-14(16-10-11)15-9-12-5-3-4-6-13(12)17-15/h2-7,9,14H,1,8,10H2. The molecule has 1 aromatic carbocycles. The van der Waals surface area contributed by atoms with Crippen molar-refractivity contribution in [2.24, 2.45) is 0 Å². The Bertz CT molecular complexity index is 544. The molecule has 0 N–H and O–H groups in total. The fraction of sp³-hybridized carbons (Fsp3) is 0.200. The molecule has 1 aliphatic heterocycles. The SMILES string of the molecule is C=CC1=CCC(c2cc3ccccc3o2)OC1. The van der Waals surface area contributed by atoms with Gasteiger partial charge < -0.3 is 9.15 Å². The van der Waals surface area contributed by atoms with E-state index in [0.717, 1.165) is 28.7 Å². The van der Waals surface area contributed by atoms with E-state index in [9.17, 15) is 0 Å². The molecule has 1 aromatic heterocycles. The zero-order valence-electron chi connectivity index (χ0n) is 9.56. The molecule has 17 heavy (non-hydrogen) atoms. The van der Waals surface area contributed by atoms with Gasteiger partial charge in [0.05, 0.1) is 6.61 Å². The molecule has 1 aliphatic rings. The van der Waals surface area contributed by atoms with Crippen LogP contribution in [0.3, 0.4) is 0 Å². The molecule has 1 atom stereocenters. The number of fused-ring (bicyclic) bond motifs is 1. The van der Waals surface area contributed by atoms with Crippen LogP contribution in [0, 0.1) is 0 Å². The molecular formula is C15H14O2. The summed E-state index contributed by atoms with van der Waals surface area (Å²) in [5, 5.41) is 1.13. The van der Waals surface area contributed by atoms with Gasteiger partial charge in [-0.05, 0) is 24.1 Å².